The molecule has 1 aromatic rings. The summed E-state index contributed by atoms with van der Waals surface area (Å²) >= 11 is 0. The molecule has 1 amide bonds. The van der Waals surface area contributed by atoms with Crippen LogP contribution >= 0.6 is 0 Å². The Morgan fingerprint density at radius 3 is 2.90 bits per heavy atom. The summed E-state index contributed by atoms with van der Waals surface area (Å²) in [5, 5.41) is 2.66. The minimum Gasteiger partial charge on any atom is -0.396 e. The highest BCUT2D eigenvalue weighted by Gasteiger charge is 2.27. The first kappa shape index (κ1) is 14.7. The fraction of sp³-hybridized carbons (Fsp3) is 0.500. The van der Waals surface area contributed by atoms with Crippen LogP contribution in [0.3, 0.4) is 0 Å². The molecule has 0 aliphatic carbocycles. The van der Waals surface area contributed by atoms with Gasteiger partial charge in [-0.15, -0.1) is 0 Å². The van der Waals surface area contributed by atoms with E-state index in [1.165, 1.54) is 0 Å². The number of hydrogen-bond donors (Lipinski definition) is 2. The van der Waals surface area contributed by atoms with E-state index in [4.69, 9.17) is 10.5 Å². The standard InChI is InChI=1S/C14H18F2N2O2/c1-2-13-8(3-4-20-13)7-18-14(19)9-5-12(17)11(16)6-10(9)15/h5-6,8,13H,2-4,7,17H2,1H3,(H,18,19). The van der Waals surface area contributed by atoms with Crippen molar-refractivity contribution in [3.63, 3.8) is 0 Å². The Kier molecular flexibility index (Phi) is 4.54. The second-order valence-corrected chi connectivity index (χ2v) is 4.93. The second kappa shape index (κ2) is 6.17. The number of nitrogen functional groups attached to an aromatic ring is 1. The SMILES string of the molecule is CCC1OCCC1CNC(=O)c1cc(N)c(F)cc1F. The van der Waals surface area contributed by atoms with Crippen LogP contribution in [0.2, 0.25) is 0 Å². The molecule has 0 aromatic heterocycles. The van der Waals surface area contributed by atoms with Gasteiger partial charge in [0, 0.05) is 25.1 Å². The van der Waals surface area contributed by atoms with Gasteiger partial charge in [0.2, 0.25) is 0 Å². The van der Waals surface area contributed by atoms with Crippen molar-refractivity contribution >= 4 is 11.6 Å². The normalized spacial score (nSPS) is 21.9. The Balaban J connectivity index is 2.00. The third kappa shape index (κ3) is 3.07. The van der Waals surface area contributed by atoms with Gasteiger partial charge >= 0.3 is 0 Å². The molecule has 1 aromatic carbocycles. The van der Waals surface area contributed by atoms with E-state index in [0.717, 1.165) is 18.9 Å². The van der Waals surface area contributed by atoms with E-state index in [-0.39, 0.29) is 23.3 Å². The molecule has 1 aliphatic heterocycles. The number of rotatable bonds is 4. The molecule has 1 fully saturated rings. The average Bonchev–Trinajstić information content (AvgIpc) is 2.87. The molecule has 1 saturated heterocycles. The van der Waals surface area contributed by atoms with Gasteiger partial charge in [0.25, 0.3) is 5.91 Å². The Bertz CT molecular complexity index is 508. The van der Waals surface area contributed by atoms with Crippen molar-refractivity contribution in [1.82, 2.24) is 5.32 Å². The lowest BCUT2D eigenvalue weighted by molar-refractivity contribution is 0.0825. The lowest BCUT2D eigenvalue weighted by atomic mass is 9.99. The quantitative estimate of drug-likeness (QED) is 0.832. The van der Waals surface area contributed by atoms with Crippen molar-refractivity contribution < 1.29 is 18.3 Å². The van der Waals surface area contributed by atoms with E-state index in [1.54, 1.807) is 0 Å². The van der Waals surface area contributed by atoms with Gasteiger partial charge in [0.1, 0.15) is 11.6 Å². The van der Waals surface area contributed by atoms with Crippen molar-refractivity contribution in [2.24, 2.45) is 5.92 Å². The van der Waals surface area contributed by atoms with Gasteiger partial charge in [0.15, 0.2) is 0 Å². The predicted molar refractivity (Wildman–Crippen MR) is 71.2 cm³/mol. The molecule has 2 rings (SSSR count). The van der Waals surface area contributed by atoms with E-state index < -0.39 is 17.5 Å². The maximum Gasteiger partial charge on any atom is 0.254 e. The van der Waals surface area contributed by atoms with Crippen LogP contribution in [0.25, 0.3) is 0 Å². The number of amides is 1. The van der Waals surface area contributed by atoms with Crippen LogP contribution in [0.5, 0.6) is 0 Å². The topological polar surface area (TPSA) is 64.3 Å². The molecule has 3 N–H and O–H groups in total. The molecule has 4 nitrogen and oxygen atoms in total. The Morgan fingerprint density at radius 1 is 1.45 bits per heavy atom. The van der Waals surface area contributed by atoms with Crippen LogP contribution < -0.4 is 11.1 Å². The Hall–Kier alpha value is -1.69. The van der Waals surface area contributed by atoms with Crippen LogP contribution in [0.1, 0.15) is 30.1 Å². The monoisotopic (exact) mass is 284 g/mol. The van der Waals surface area contributed by atoms with Gasteiger partial charge in [-0.2, -0.15) is 0 Å². The molecule has 2 unspecified atom stereocenters. The van der Waals surface area contributed by atoms with Crippen molar-refractivity contribution in [3.8, 4) is 0 Å². The molecule has 6 heteroatoms. The molecular weight excluding hydrogens is 266 g/mol. The number of carbonyl (C=O) groups is 1. The lowest BCUT2D eigenvalue weighted by Crippen LogP contribution is -2.33. The summed E-state index contributed by atoms with van der Waals surface area (Å²) in [4.78, 5) is 11.9. The number of hydrogen-bond acceptors (Lipinski definition) is 3. The highest BCUT2D eigenvalue weighted by atomic mass is 19.1. The van der Waals surface area contributed by atoms with E-state index in [0.29, 0.717) is 19.2 Å². The minimum absolute atomic E-state index is 0.124. The number of carbonyl (C=O) groups excluding carboxylic acids is 1. The molecule has 20 heavy (non-hydrogen) atoms. The average molecular weight is 284 g/mol. The Labute approximate surface area is 116 Å². The van der Waals surface area contributed by atoms with E-state index in [9.17, 15) is 13.6 Å². The summed E-state index contributed by atoms with van der Waals surface area (Å²) in [7, 11) is 0. The summed E-state index contributed by atoms with van der Waals surface area (Å²) in [5.74, 6) is -2.14. The number of nitrogens with one attached hydrogen (secondary N) is 1. The number of nitrogens with two attached hydrogens (primary N) is 1. The fourth-order valence-electron chi connectivity index (χ4n) is 2.44. The number of benzene rings is 1. The largest absolute Gasteiger partial charge is 0.396 e. The zero-order chi connectivity index (χ0) is 14.7. The molecule has 1 aliphatic rings. The number of anilines is 1. The first-order valence-corrected chi connectivity index (χ1v) is 6.67. The van der Waals surface area contributed by atoms with Crippen molar-refractivity contribution in [3.05, 3.63) is 29.3 Å². The Morgan fingerprint density at radius 2 is 2.20 bits per heavy atom. The van der Waals surface area contributed by atoms with Crippen LogP contribution in [0.15, 0.2) is 12.1 Å². The summed E-state index contributed by atoms with van der Waals surface area (Å²) in [6, 6.07) is 1.64. The third-order valence-electron chi connectivity index (χ3n) is 3.60. The molecule has 2 atom stereocenters. The minimum atomic E-state index is -0.913. The summed E-state index contributed by atoms with van der Waals surface area (Å²) in [6.07, 6.45) is 1.86. The predicted octanol–water partition coefficient (Wildman–Crippen LogP) is 2.09. The number of ether oxygens (including phenoxy) is 1. The van der Waals surface area contributed by atoms with Crippen molar-refractivity contribution in [2.75, 3.05) is 18.9 Å². The van der Waals surface area contributed by atoms with Crippen molar-refractivity contribution in [2.45, 2.75) is 25.9 Å². The first-order valence-electron chi connectivity index (χ1n) is 6.67. The van der Waals surface area contributed by atoms with Crippen LogP contribution in [0.4, 0.5) is 14.5 Å². The molecule has 0 saturated carbocycles. The maximum atomic E-state index is 13.5. The van der Waals surface area contributed by atoms with Gasteiger partial charge in [-0.1, -0.05) is 6.92 Å². The van der Waals surface area contributed by atoms with E-state index >= 15 is 0 Å². The van der Waals surface area contributed by atoms with Crippen LogP contribution in [-0.2, 0) is 4.74 Å². The fourth-order valence-corrected chi connectivity index (χ4v) is 2.44. The number of halogens is 2. The summed E-state index contributed by atoms with van der Waals surface area (Å²) in [6.45, 7) is 3.11. The zero-order valence-corrected chi connectivity index (χ0v) is 11.3. The highest BCUT2D eigenvalue weighted by molar-refractivity contribution is 5.95. The second-order valence-electron chi connectivity index (χ2n) is 4.93. The molecule has 0 spiro atoms. The van der Waals surface area contributed by atoms with Crippen LogP contribution in [0, 0.1) is 17.6 Å². The van der Waals surface area contributed by atoms with Gasteiger partial charge in [-0.05, 0) is 18.9 Å². The molecule has 1 heterocycles. The van der Waals surface area contributed by atoms with E-state index in [1.807, 2.05) is 6.92 Å². The molecular formula is C14H18F2N2O2. The summed E-state index contributed by atoms with van der Waals surface area (Å²) < 4.78 is 32.1. The van der Waals surface area contributed by atoms with Crippen LogP contribution in [-0.4, -0.2) is 25.2 Å². The highest BCUT2D eigenvalue weighted by Crippen LogP contribution is 2.23. The summed E-state index contributed by atoms with van der Waals surface area (Å²) in [5.41, 5.74) is 4.86. The first-order chi connectivity index (χ1) is 9.52. The smallest absolute Gasteiger partial charge is 0.254 e. The molecule has 110 valence electrons. The third-order valence-corrected chi connectivity index (χ3v) is 3.60. The maximum absolute atomic E-state index is 13.5. The lowest BCUT2D eigenvalue weighted by Gasteiger charge is -2.17. The van der Waals surface area contributed by atoms with Crippen molar-refractivity contribution in [1.29, 1.82) is 0 Å². The van der Waals surface area contributed by atoms with Gasteiger partial charge in [0.05, 0.1) is 17.4 Å². The van der Waals surface area contributed by atoms with Gasteiger partial charge in [-0.25, -0.2) is 8.78 Å². The molecule has 0 radical (unpaired) electrons. The van der Waals surface area contributed by atoms with E-state index in [2.05, 4.69) is 5.32 Å². The van der Waals surface area contributed by atoms with Gasteiger partial charge in [-0.3, -0.25) is 4.79 Å². The zero-order valence-electron chi connectivity index (χ0n) is 11.3. The van der Waals surface area contributed by atoms with Gasteiger partial charge < -0.3 is 15.8 Å². The molecule has 0 bridgehead atoms.